The van der Waals surface area contributed by atoms with Gasteiger partial charge in [0.1, 0.15) is 12.2 Å². The van der Waals surface area contributed by atoms with Gasteiger partial charge in [-0.1, -0.05) is 0 Å². The van der Waals surface area contributed by atoms with Crippen molar-refractivity contribution in [3.05, 3.63) is 12.2 Å². The van der Waals surface area contributed by atoms with E-state index in [1.54, 1.807) is 0 Å². The van der Waals surface area contributed by atoms with E-state index >= 15 is 0 Å². The molecule has 106 valence electrons. The van der Waals surface area contributed by atoms with E-state index in [0.29, 0.717) is 6.10 Å². The lowest BCUT2D eigenvalue weighted by atomic mass is 10.1. The molecule has 3 rings (SSSR count). The summed E-state index contributed by atoms with van der Waals surface area (Å²) in [6.45, 7) is 7.22. The van der Waals surface area contributed by atoms with E-state index in [9.17, 15) is 0 Å². The third-order valence-corrected chi connectivity index (χ3v) is 3.98. The molecule has 19 heavy (non-hydrogen) atoms. The standard InChI is InChI=1S/C13H23N5O/c1(9-19-12-2-4-14-5-3-12)6-17-7-8-18-11-15-16-13(18)10-17/h11-12,14H,1-10H2. The molecule has 0 aromatic carbocycles. The van der Waals surface area contributed by atoms with Gasteiger partial charge in [-0.3, -0.25) is 4.90 Å². The van der Waals surface area contributed by atoms with Gasteiger partial charge in [-0.05, 0) is 32.4 Å². The average Bonchev–Trinajstić information content (AvgIpc) is 2.92. The smallest absolute Gasteiger partial charge is 0.147 e. The maximum absolute atomic E-state index is 5.93. The Labute approximate surface area is 114 Å². The molecule has 0 saturated carbocycles. The van der Waals surface area contributed by atoms with Gasteiger partial charge in [-0.2, -0.15) is 0 Å². The summed E-state index contributed by atoms with van der Waals surface area (Å²) in [4.78, 5) is 2.44. The Balaban J connectivity index is 1.32. The van der Waals surface area contributed by atoms with E-state index in [-0.39, 0.29) is 0 Å². The Morgan fingerprint density at radius 1 is 1.32 bits per heavy atom. The molecule has 0 unspecified atom stereocenters. The zero-order valence-corrected chi connectivity index (χ0v) is 11.4. The highest BCUT2D eigenvalue weighted by atomic mass is 16.5. The quantitative estimate of drug-likeness (QED) is 0.774. The number of hydrogen-bond donors (Lipinski definition) is 1. The average molecular weight is 265 g/mol. The summed E-state index contributed by atoms with van der Waals surface area (Å²) in [5.74, 6) is 1.09. The monoisotopic (exact) mass is 265 g/mol. The number of ether oxygens (including phenoxy) is 1. The molecule has 0 radical (unpaired) electrons. The Morgan fingerprint density at radius 2 is 2.21 bits per heavy atom. The fourth-order valence-corrected chi connectivity index (χ4v) is 2.81. The van der Waals surface area contributed by atoms with Crippen molar-refractivity contribution in [2.75, 3.05) is 32.8 Å². The fraction of sp³-hybridized carbons (Fsp3) is 0.846. The van der Waals surface area contributed by atoms with Crippen molar-refractivity contribution in [3.8, 4) is 0 Å². The number of rotatable bonds is 5. The molecule has 2 aliphatic heterocycles. The molecule has 0 spiro atoms. The van der Waals surface area contributed by atoms with Crippen molar-refractivity contribution in [1.82, 2.24) is 25.0 Å². The molecule has 1 N–H and O–H groups in total. The van der Waals surface area contributed by atoms with E-state index in [4.69, 9.17) is 4.74 Å². The SMILES string of the molecule is c1nnc2n1CCN(CCCOC1CCNCC1)C2. The minimum Gasteiger partial charge on any atom is -0.378 e. The summed E-state index contributed by atoms with van der Waals surface area (Å²) in [7, 11) is 0. The summed E-state index contributed by atoms with van der Waals surface area (Å²) in [5, 5.41) is 11.5. The minimum atomic E-state index is 0.478. The molecule has 1 aromatic rings. The summed E-state index contributed by atoms with van der Waals surface area (Å²) < 4.78 is 8.07. The minimum absolute atomic E-state index is 0.478. The first-order valence-electron chi connectivity index (χ1n) is 7.33. The van der Waals surface area contributed by atoms with Crippen LogP contribution in [0.15, 0.2) is 6.33 Å². The Hall–Kier alpha value is -0.980. The highest BCUT2D eigenvalue weighted by molar-refractivity contribution is 4.89. The summed E-state index contributed by atoms with van der Waals surface area (Å²) in [6.07, 6.45) is 5.73. The van der Waals surface area contributed by atoms with Crippen molar-refractivity contribution in [2.45, 2.75) is 38.5 Å². The summed E-state index contributed by atoms with van der Waals surface area (Å²) in [5.41, 5.74) is 0. The number of nitrogens with one attached hydrogen (secondary N) is 1. The summed E-state index contributed by atoms with van der Waals surface area (Å²) >= 11 is 0. The van der Waals surface area contributed by atoms with Crippen LogP contribution in [0.4, 0.5) is 0 Å². The molecule has 3 heterocycles. The molecule has 0 bridgehead atoms. The van der Waals surface area contributed by atoms with Gasteiger partial charge < -0.3 is 14.6 Å². The maximum Gasteiger partial charge on any atom is 0.147 e. The second kappa shape index (κ2) is 6.45. The zero-order valence-electron chi connectivity index (χ0n) is 11.4. The normalized spacial score (nSPS) is 21.5. The molecular formula is C13H23N5O. The van der Waals surface area contributed by atoms with Gasteiger partial charge in [0.25, 0.3) is 0 Å². The molecule has 1 fully saturated rings. The number of fused-ring (bicyclic) bond motifs is 1. The summed E-state index contributed by atoms with van der Waals surface area (Å²) in [6, 6.07) is 0. The van der Waals surface area contributed by atoms with Crippen molar-refractivity contribution >= 4 is 0 Å². The Bertz CT molecular complexity index is 388. The van der Waals surface area contributed by atoms with Gasteiger partial charge in [0.2, 0.25) is 0 Å². The second-order valence-corrected chi connectivity index (χ2v) is 5.39. The van der Waals surface area contributed by atoms with Crippen LogP contribution >= 0.6 is 0 Å². The topological polar surface area (TPSA) is 55.2 Å². The molecule has 6 heteroatoms. The first-order chi connectivity index (χ1) is 9.42. The van der Waals surface area contributed by atoms with Gasteiger partial charge >= 0.3 is 0 Å². The molecular weight excluding hydrogens is 242 g/mol. The number of nitrogens with zero attached hydrogens (tertiary/aromatic N) is 4. The van der Waals surface area contributed by atoms with Crippen LogP contribution in [0.5, 0.6) is 0 Å². The predicted octanol–water partition coefficient (Wildman–Crippen LogP) is 0.252. The fourth-order valence-electron chi connectivity index (χ4n) is 2.81. The highest BCUT2D eigenvalue weighted by Crippen LogP contribution is 2.10. The zero-order chi connectivity index (χ0) is 12.9. The second-order valence-electron chi connectivity index (χ2n) is 5.39. The maximum atomic E-state index is 5.93. The molecule has 6 nitrogen and oxygen atoms in total. The van der Waals surface area contributed by atoms with E-state index in [2.05, 4.69) is 25.0 Å². The number of aromatic nitrogens is 3. The van der Waals surface area contributed by atoms with Gasteiger partial charge in [0.15, 0.2) is 0 Å². The highest BCUT2D eigenvalue weighted by Gasteiger charge is 2.17. The molecule has 0 amide bonds. The Morgan fingerprint density at radius 3 is 3.11 bits per heavy atom. The Kier molecular flexibility index (Phi) is 4.42. The number of piperidine rings is 1. The molecule has 0 aliphatic carbocycles. The first-order valence-corrected chi connectivity index (χ1v) is 7.33. The van der Waals surface area contributed by atoms with Crippen LogP contribution in [0.3, 0.4) is 0 Å². The third kappa shape index (κ3) is 3.52. The van der Waals surface area contributed by atoms with Crippen LogP contribution < -0.4 is 5.32 Å². The van der Waals surface area contributed by atoms with Crippen molar-refractivity contribution in [1.29, 1.82) is 0 Å². The van der Waals surface area contributed by atoms with Gasteiger partial charge in [-0.15, -0.1) is 10.2 Å². The molecule has 0 atom stereocenters. The van der Waals surface area contributed by atoms with Crippen LogP contribution in [0, 0.1) is 0 Å². The van der Waals surface area contributed by atoms with Crippen molar-refractivity contribution in [2.24, 2.45) is 0 Å². The molecule has 1 saturated heterocycles. The van der Waals surface area contributed by atoms with E-state index in [1.807, 2.05) is 6.33 Å². The molecule has 2 aliphatic rings. The van der Waals surface area contributed by atoms with Crippen LogP contribution in [0.2, 0.25) is 0 Å². The van der Waals surface area contributed by atoms with Gasteiger partial charge in [0.05, 0.1) is 12.6 Å². The lowest BCUT2D eigenvalue weighted by Crippen LogP contribution is -2.35. The molecule has 1 aromatic heterocycles. The largest absolute Gasteiger partial charge is 0.378 e. The lowest BCUT2D eigenvalue weighted by molar-refractivity contribution is 0.0266. The van der Waals surface area contributed by atoms with Crippen molar-refractivity contribution < 1.29 is 4.74 Å². The van der Waals surface area contributed by atoms with Crippen LogP contribution in [0.25, 0.3) is 0 Å². The van der Waals surface area contributed by atoms with Gasteiger partial charge in [0, 0.05) is 26.2 Å². The van der Waals surface area contributed by atoms with Crippen LogP contribution in [-0.4, -0.2) is 58.6 Å². The van der Waals surface area contributed by atoms with E-state index < -0.39 is 0 Å². The van der Waals surface area contributed by atoms with Gasteiger partial charge in [-0.25, -0.2) is 0 Å². The van der Waals surface area contributed by atoms with Crippen molar-refractivity contribution in [3.63, 3.8) is 0 Å². The first kappa shape index (κ1) is 13.0. The number of hydrogen-bond acceptors (Lipinski definition) is 5. The predicted molar refractivity (Wildman–Crippen MR) is 71.8 cm³/mol. The van der Waals surface area contributed by atoms with Crippen LogP contribution in [0.1, 0.15) is 25.1 Å². The van der Waals surface area contributed by atoms with Crippen LogP contribution in [-0.2, 0) is 17.8 Å². The third-order valence-electron chi connectivity index (χ3n) is 3.98. The van der Waals surface area contributed by atoms with E-state index in [0.717, 1.165) is 71.0 Å². The van der Waals surface area contributed by atoms with E-state index in [1.165, 1.54) is 0 Å². The lowest BCUT2D eigenvalue weighted by Gasteiger charge is -2.27.